The highest BCUT2D eigenvalue weighted by Gasteiger charge is 2.18. The van der Waals surface area contributed by atoms with Crippen LogP contribution in [0.25, 0.3) is 0 Å². The van der Waals surface area contributed by atoms with Gasteiger partial charge in [-0.05, 0) is 49.1 Å². The topological polar surface area (TPSA) is 81.4 Å². The molecule has 0 heterocycles. The van der Waals surface area contributed by atoms with E-state index in [0.717, 1.165) is 6.42 Å². The number of nitrogens with one attached hydrogen (secondary N) is 1. The van der Waals surface area contributed by atoms with Crippen LogP contribution >= 0.6 is 0 Å². The lowest BCUT2D eigenvalue weighted by Gasteiger charge is -2.17. The maximum absolute atomic E-state index is 12.3. The Labute approximate surface area is 148 Å². The number of rotatable bonds is 7. The fourth-order valence-electron chi connectivity index (χ4n) is 2.39. The van der Waals surface area contributed by atoms with Crippen molar-refractivity contribution in [3.63, 3.8) is 0 Å². The van der Waals surface area contributed by atoms with Gasteiger partial charge in [0.2, 0.25) is 0 Å². The van der Waals surface area contributed by atoms with Gasteiger partial charge in [0.25, 0.3) is 11.8 Å². The van der Waals surface area contributed by atoms with E-state index in [1.165, 1.54) is 5.56 Å². The Morgan fingerprint density at radius 1 is 1.08 bits per heavy atom. The second-order valence-electron chi connectivity index (χ2n) is 6.04. The molecule has 2 aromatic rings. The third kappa shape index (κ3) is 4.83. The SMILES string of the molecule is CC[C@H](C)c1ccc(NC(=O)[C@@H](C)Oc2ccccc2C(N)=O)cc1. The summed E-state index contributed by atoms with van der Waals surface area (Å²) < 4.78 is 5.61. The summed E-state index contributed by atoms with van der Waals surface area (Å²) in [5.74, 6) is -0.110. The Balaban J connectivity index is 2.02. The van der Waals surface area contributed by atoms with Crippen molar-refractivity contribution in [2.45, 2.75) is 39.2 Å². The quantitative estimate of drug-likeness (QED) is 0.806. The smallest absolute Gasteiger partial charge is 0.265 e. The van der Waals surface area contributed by atoms with E-state index in [0.29, 0.717) is 17.4 Å². The average molecular weight is 340 g/mol. The van der Waals surface area contributed by atoms with Gasteiger partial charge in [-0.2, -0.15) is 0 Å². The largest absolute Gasteiger partial charge is 0.480 e. The molecule has 5 heteroatoms. The average Bonchev–Trinajstić information content (AvgIpc) is 2.61. The van der Waals surface area contributed by atoms with Crippen molar-refractivity contribution in [3.05, 3.63) is 59.7 Å². The van der Waals surface area contributed by atoms with Crippen LogP contribution in [0.3, 0.4) is 0 Å². The van der Waals surface area contributed by atoms with Crippen LogP contribution in [0.5, 0.6) is 5.75 Å². The van der Waals surface area contributed by atoms with E-state index in [-0.39, 0.29) is 11.5 Å². The van der Waals surface area contributed by atoms with Gasteiger partial charge in [-0.1, -0.05) is 38.1 Å². The molecule has 0 spiro atoms. The van der Waals surface area contributed by atoms with Gasteiger partial charge in [-0.15, -0.1) is 0 Å². The maximum Gasteiger partial charge on any atom is 0.265 e. The molecular weight excluding hydrogens is 316 g/mol. The lowest BCUT2D eigenvalue weighted by Crippen LogP contribution is -2.30. The molecule has 3 N–H and O–H groups in total. The molecule has 2 rings (SSSR count). The number of nitrogens with two attached hydrogens (primary N) is 1. The van der Waals surface area contributed by atoms with Gasteiger partial charge < -0.3 is 15.8 Å². The zero-order valence-electron chi connectivity index (χ0n) is 14.8. The monoisotopic (exact) mass is 340 g/mol. The molecule has 0 aliphatic carbocycles. The molecule has 0 saturated carbocycles. The third-order valence-electron chi connectivity index (χ3n) is 4.19. The third-order valence-corrected chi connectivity index (χ3v) is 4.19. The number of para-hydroxylation sites is 1. The molecule has 0 aliphatic heterocycles. The predicted molar refractivity (Wildman–Crippen MR) is 98.8 cm³/mol. The van der Waals surface area contributed by atoms with Gasteiger partial charge in [-0.25, -0.2) is 0 Å². The van der Waals surface area contributed by atoms with Gasteiger partial charge in [0, 0.05) is 5.69 Å². The highest BCUT2D eigenvalue weighted by molar-refractivity contribution is 5.96. The van der Waals surface area contributed by atoms with Crippen LogP contribution in [0.15, 0.2) is 48.5 Å². The van der Waals surface area contributed by atoms with Crippen molar-refractivity contribution >= 4 is 17.5 Å². The minimum Gasteiger partial charge on any atom is -0.480 e. The van der Waals surface area contributed by atoms with Crippen LogP contribution in [0.1, 0.15) is 49.0 Å². The predicted octanol–water partition coefficient (Wildman–Crippen LogP) is 3.71. The summed E-state index contributed by atoms with van der Waals surface area (Å²) in [6.07, 6.45) is 0.297. The zero-order valence-corrected chi connectivity index (χ0v) is 14.8. The van der Waals surface area contributed by atoms with Crippen LogP contribution < -0.4 is 15.8 Å². The lowest BCUT2D eigenvalue weighted by atomic mass is 9.99. The van der Waals surface area contributed by atoms with Crippen molar-refractivity contribution in [1.82, 2.24) is 0 Å². The number of ether oxygens (including phenoxy) is 1. The summed E-state index contributed by atoms with van der Waals surface area (Å²) in [5.41, 5.74) is 7.51. The molecule has 2 aromatic carbocycles. The van der Waals surface area contributed by atoms with Crippen LogP contribution in [0, 0.1) is 0 Å². The van der Waals surface area contributed by atoms with Gasteiger partial charge in [0.1, 0.15) is 5.75 Å². The molecule has 5 nitrogen and oxygen atoms in total. The van der Waals surface area contributed by atoms with Gasteiger partial charge in [0.15, 0.2) is 6.10 Å². The normalized spacial score (nSPS) is 12.9. The highest BCUT2D eigenvalue weighted by Crippen LogP contribution is 2.21. The second kappa shape index (κ2) is 8.33. The van der Waals surface area contributed by atoms with E-state index < -0.39 is 12.0 Å². The minimum absolute atomic E-state index is 0.250. The fourth-order valence-corrected chi connectivity index (χ4v) is 2.39. The maximum atomic E-state index is 12.3. The number of benzene rings is 2. The number of carbonyl (C=O) groups excluding carboxylic acids is 2. The number of hydrogen-bond donors (Lipinski definition) is 2. The summed E-state index contributed by atoms with van der Waals surface area (Å²) in [4.78, 5) is 23.7. The molecule has 0 aromatic heterocycles. The Hall–Kier alpha value is -2.82. The van der Waals surface area contributed by atoms with Crippen molar-refractivity contribution < 1.29 is 14.3 Å². The highest BCUT2D eigenvalue weighted by atomic mass is 16.5. The van der Waals surface area contributed by atoms with Gasteiger partial charge in [0.05, 0.1) is 5.56 Å². The lowest BCUT2D eigenvalue weighted by molar-refractivity contribution is -0.122. The van der Waals surface area contributed by atoms with Crippen molar-refractivity contribution in [3.8, 4) is 5.75 Å². The Bertz CT molecular complexity index is 741. The standard InChI is InChI=1S/C20H24N2O3/c1-4-13(2)15-9-11-16(12-10-15)22-20(24)14(3)25-18-8-6-5-7-17(18)19(21)23/h5-14H,4H2,1-3H3,(H2,21,23)(H,22,24)/t13-,14+/m0/s1. The molecule has 25 heavy (non-hydrogen) atoms. The summed E-state index contributed by atoms with van der Waals surface area (Å²) in [6, 6.07) is 14.4. The van der Waals surface area contributed by atoms with Crippen molar-refractivity contribution in [2.24, 2.45) is 5.73 Å². The summed E-state index contributed by atoms with van der Waals surface area (Å²) in [6.45, 7) is 5.93. The summed E-state index contributed by atoms with van der Waals surface area (Å²) in [7, 11) is 0. The number of anilines is 1. The second-order valence-corrected chi connectivity index (χ2v) is 6.04. The van der Waals surface area contributed by atoms with Gasteiger partial charge >= 0.3 is 0 Å². The van der Waals surface area contributed by atoms with Crippen LogP contribution in [-0.4, -0.2) is 17.9 Å². The first-order valence-electron chi connectivity index (χ1n) is 8.38. The van der Waals surface area contributed by atoms with E-state index in [1.807, 2.05) is 24.3 Å². The summed E-state index contributed by atoms with van der Waals surface area (Å²) in [5, 5.41) is 2.81. The number of carbonyl (C=O) groups is 2. The first kappa shape index (κ1) is 18.5. The number of amides is 2. The van der Waals surface area contributed by atoms with Crippen LogP contribution in [-0.2, 0) is 4.79 Å². The molecule has 0 bridgehead atoms. The molecule has 0 unspecified atom stereocenters. The number of hydrogen-bond acceptors (Lipinski definition) is 3. The number of primary amides is 1. The van der Waals surface area contributed by atoms with Crippen molar-refractivity contribution in [1.29, 1.82) is 0 Å². The molecule has 0 aliphatic rings. The zero-order chi connectivity index (χ0) is 18.4. The molecular formula is C20H24N2O3. The first-order chi connectivity index (χ1) is 11.9. The molecule has 132 valence electrons. The molecule has 0 saturated heterocycles. The minimum atomic E-state index is -0.769. The van der Waals surface area contributed by atoms with E-state index >= 15 is 0 Å². The Morgan fingerprint density at radius 2 is 1.72 bits per heavy atom. The fraction of sp³-hybridized carbons (Fsp3) is 0.300. The molecule has 2 atom stereocenters. The first-order valence-corrected chi connectivity index (χ1v) is 8.38. The van der Waals surface area contributed by atoms with Crippen molar-refractivity contribution in [2.75, 3.05) is 5.32 Å². The van der Waals surface area contributed by atoms with Crippen LogP contribution in [0.4, 0.5) is 5.69 Å². The van der Waals surface area contributed by atoms with E-state index in [2.05, 4.69) is 19.2 Å². The van der Waals surface area contributed by atoms with Gasteiger partial charge in [-0.3, -0.25) is 9.59 Å². The summed E-state index contributed by atoms with van der Waals surface area (Å²) >= 11 is 0. The molecule has 0 radical (unpaired) electrons. The molecule has 2 amide bonds. The Kier molecular flexibility index (Phi) is 6.17. The van der Waals surface area contributed by atoms with E-state index in [4.69, 9.17) is 10.5 Å². The Morgan fingerprint density at radius 3 is 2.32 bits per heavy atom. The molecule has 0 fully saturated rings. The van der Waals surface area contributed by atoms with E-state index in [1.54, 1.807) is 31.2 Å². The van der Waals surface area contributed by atoms with E-state index in [9.17, 15) is 9.59 Å². The van der Waals surface area contributed by atoms with Crippen LogP contribution in [0.2, 0.25) is 0 Å².